The number of anilines is 1. The van der Waals surface area contributed by atoms with Gasteiger partial charge in [0.1, 0.15) is 23.8 Å². The van der Waals surface area contributed by atoms with Crippen LogP contribution in [0.4, 0.5) is 10.3 Å². The second-order valence-corrected chi connectivity index (χ2v) is 8.87. The fourth-order valence-electron chi connectivity index (χ4n) is 3.96. The third-order valence-electron chi connectivity index (χ3n) is 5.38. The van der Waals surface area contributed by atoms with E-state index in [9.17, 15) is 4.39 Å². The van der Waals surface area contributed by atoms with Crippen LogP contribution in [0, 0.1) is 12.7 Å². The highest BCUT2D eigenvalue weighted by Gasteiger charge is 2.25. The zero-order valence-corrected chi connectivity index (χ0v) is 18.8. The van der Waals surface area contributed by atoms with E-state index in [1.807, 2.05) is 25.1 Å². The molecule has 0 radical (unpaired) electrons. The number of imidazole rings is 1. The van der Waals surface area contributed by atoms with E-state index in [-0.39, 0.29) is 17.3 Å². The predicted octanol–water partition coefficient (Wildman–Crippen LogP) is 4.53. The third-order valence-corrected chi connectivity index (χ3v) is 5.38. The minimum atomic E-state index is -0.349. The molecule has 0 unspecified atom stereocenters. The molecule has 5 aromatic rings. The number of hydrogen-bond acceptors (Lipinski definition) is 6. The van der Waals surface area contributed by atoms with Crippen LogP contribution in [0.5, 0.6) is 0 Å². The van der Waals surface area contributed by atoms with Crippen LogP contribution in [0.1, 0.15) is 26.6 Å². The summed E-state index contributed by atoms with van der Waals surface area (Å²) in [6.45, 7) is 8.10. The summed E-state index contributed by atoms with van der Waals surface area (Å²) in [6.07, 6.45) is 4.99. The van der Waals surface area contributed by atoms with Crippen molar-refractivity contribution in [3.8, 4) is 28.2 Å². The highest BCUT2D eigenvalue weighted by molar-refractivity contribution is 5.87. The van der Waals surface area contributed by atoms with Crippen molar-refractivity contribution in [2.75, 3.05) is 5.73 Å². The molecule has 2 N–H and O–H groups in total. The predicted molar refractivity (Wildman–Crippen MR) is 125 cm³/mol. The van der Waals surface area contributed by atoms with E-state index in [0.29, 0.717) is 22.9 Å². The van der Waals surface area contributed by atoms with Crippen molar-refractivity contribution in [2.24, 2.45) is 0 Å². The second kappa shape index (κ2) is 7.47. The Morgan fingerprint density at radius 2 is 1.70 bits per heavy atom. The Kier molecular flexibility index (Phi) is 4.70. The lowest BCUT2D eigenvalue weighted by Gasteiger charge is -2.25. The molecule has 0 aliphatic rings. The first-order chi connectivity index (χ1) is 15.7. The van der Waals surface area contributed by atoms with Gasteiger partial charge in [0, 0.05) is 29.1 Å². The molecule has 0 aliphatic carbocycles. The highest BCUT2D eigenvalue weighted by Crippen LogP contribution is 2.35. The fraction of sp³-hybridized carbons (Fsp3) is 0.208. The maximum atomic E-state index is 14.4. The summed E-state index contributed by atoms with van der Waals surface area (Å²) in [5.41, 5.74) is 10.1. The van der Waals surface area contributed by atoms with Gasteiger partial charge in [-0.2, -0.15) is 5.10 Å². The number of nitrogens with zero attached hydrogens (tertiary/aromatic N) is 7. The fourth-order valence-corrected chi connectivity index (χ4v) is 3.96. The van der Waals surface area contributed by atoms with Crippen LogP contribution >= 0.6 is 0 Å². The molecule has 9 heteroatoms. The molecule has 2 aromatic carbocycles. The van der Waals surface area contributed by atoms with Gasteiger partial charge < -0.3 is 10.3 Å². The largest absolute Gasteiger partial charge is 0.368 e. The van der Waals surface area contributed by atoms with Gasteiger partial charge in [-0.1, -0.05) is 6.07 Å². The average Bonchev–Trinajstić information content (AvgIpc) is 3.37. The molecule has 166 valence electrons. The molecule has 3 heterocycles. The summed E-state index contributed by atoms with van der Waals surface area (Å²) >= 11 is 0. The molecule has 5 rings (SSSR count). The van der Waals surface area contributed by atoms with Gasteiger partial charge in [-0.25, -0.2) is 29.0 Å². The minimum absolute atomic E-state index is 0.223. The number of nitrogen functional groups attached to an aromatic ring is 1. The number of aryl methyl sites for hydroxylation is 1. The van der Waals surface area contributed by atoms with Crippen molar-refractivity contribution in [3.63, 3.8) is 0 Å². The van der Waals surface area contributed by atoms with Crippen molar-refractivity contribution in [3.05, 3.63) is 66.8 Å². The van der Waals surface area contributed by atoms with E-state index in [0.717, 1.165) is 22.2 Å². The first-order valence-corrected chi connectivity index (χ1v) is 10.5. The molecule has 0 saturated carbocycles. The van der Waals surface area contributed by atoms with E-state index < -0.39 is 0 Å². The monoisotopic (exact) mass is 442 g/mol. The van der Waals surface area contributed by atoms with Crippen LogP contribution in [0.15, 0.2) is 55.1 Å². The summed E-state index contributed by atoms with van der Waals surface area (Å²) in [7, 11) is 0. The van der Waals surface area contributed by atoms with Gasteiger partial charge in [-0.15, -0.1) is 0 Å². The van der Waals surface area contributed by atoms with Crippen molar-refractivity contribution in [1.29, 1.82) is 0 Å². The Bertz CT molecular complexity index is 1480. The third kappa shape index (κ3) is 3.71. The SMILES string of the molecule is Cc1ncn(-c2ccc(F)cc2-c2nc3cc(-c4cnc(N)nc4)ccc3n2C(C)(C)C)n1. The summed E-state index contributed by atoms with van der Waals surface area (Å²) in [6, 6.07) is 10.6. The van der Waals surface area contributed by atoms with Crippen molar-refractivity contribution >= 4 is 17.0 Å². The van der Waals surface area contributed by atoms with Gasteiger partial charge in [0.15, 0.2) is 0 Å². The smallest absolute Gasteiger partial charge is 0.219 e. The molecule has 0 spiro atoms. The van der Waals surface area contributed by atoms with Gasteiger partial charge in [0.05, 0.1) is 16.7 Å². The van der Waals surface area contributed by atoms with Gasteiger partial charge in [-0.3, -0.25) is 0 Å². The lowest BCUT2D eigenvalue weighted by molar-refractivity contribution is 0.413. The molecule has 0 aliphatic heterocycles. The van der Waals surface area contributed by atoms with Crippen LogP contribution in [-0.4, -0.2) is 34.3 Å². The van der Waals surface area contributed by atoms with Crippen LogP contribution in [0.3, 0.4) is 0 Å². The molecule has 8 nitrogen and oxygen atoms in total. The maximum absolute atomic E-state index is 14.4. The number of fused-ring (bicyclic) bond motifs is 1. The summed E-state index contributed by atoms with van der Waals surface area (Å²) in [5.74, 6) is 1.15. The number of halogens is 1. The molecular formula is C24H23FN8. The topological polar surface area (TPSA) is 100 Å². The van der Waals surface area contributed by atoms with Crippen molar-refractivity contribution in [2.45, 2.75) is 33.2 Å². The Morgan fingerprint density at radius 3 is 2.36 bits per heavy atom. The van der Waals surface area contributed by atoms with Gasteiger partial charge >= 0.3 is 0 Å². The maximum Gasteiger partial charge on any atom is 0.219 e. The molecule has 0 bridgehead atoms. The Balaban J connectivity index is 1.76. The molecule has 3 aromatic heterocycles. The summed E-state index contributed by atoms with van der Waals surface area (Å²) in [4.78, 5) is 17.4. The number of aromatic nitrogens is 7. The molecule has 33 heavy (non-hydrogen) atoms. The average molecular weight is 443 g/mol. The first-order valence-electron chi connectivity index (χ1n) is 10.5. The summed E-state index contributed by atoms with van der Waals surface area (Å²) in [5, 5.41) is 4.43. The molecule has 0 atom stereocenters. The van der Waals surface area contributed by atoms with Crippen LogP contribution in [0.2, 0.25) is 0 Å². The van der Waals surface area contributed by atoms with Crippen LogP contribution < -0.4 is 5.73 Å². The molecular weight excluding hydrogens is 419 g/mol. The normalized spacial score (nSPS) is 11.9. The van der Waals surface area contributed by atoms with Gasteiger partial charge in [-0.05, 0) is 63.6 Å². The van der Waals surface area contributed by atoms with E-state index in [4.69, 9.17) is 10.7 Å². The standard InChI is InChI=1S/C24H23FN8/c1-14-29-13-32(31-14)20-8-6-17(25)10-18(20)22-30-19-9-15(16-11-27-23(26)28-12-16)5-7-21(19)33(22)24(2,3)4/h5-13H,1-4H3,(H2,26,27,28). The highest BCUT2D eigenvalue weighted by atomic mass is 19.1. The van der Waals surface area contributed by atoms with E-state index in [1.54, 1.807) is 29.5 Å². The van der Waals surface area contributed by atoms with Gasteiger partial charge in [0.25, 0.3) is 0 Å². The van der Waals surface area contributed by atoms with E-state index in [1.165, 1.54) is 12.1 Å². The molecule has 0 fully saturated rings. The number of benzene rings is 2. The van der Waals surface area contributed by atoms with Crippen LogP contribution in [-0.2, 0) is 5.54 Å². The van der Waals surface area contributed by atoms with E-state index in [2.05, 4.69) is 45.4 Å². The van der Waals surface area contributed by atoms with Crippen molar-refractivity contribution < 1.29 is 4.39 Å². The summed E-state index contributed by atoms with van der Waals surface area (Å²) < 4.78 is 18.2. The molecule has 0 saturated heterocycles. The molecule has 0 amide bonds. The Labute approximate surface area is 190 Å². The Hall–Kier alpha value is -4.14. The first kappa shape index (κ1) is 20.7. The van der Waals surface area contributed by atoms with Gasteiger partial charge in [0.2, 0.25) is 5.95 Å². The van der Waals surface area contributed by atoms with Crippen molar-refractivity contribution in [1.82, 2.24) is 34.3 Å². The number of hydrogen-bond donors (Lipinski definition) is 1. The lowest BCUT2D eigenvalue weighted by atomic mass is 10.0. The zero-order valence-electron chi connectivity index (χ0n) is 18.8. The second-order valence-electron chi connectivity index (χ2n) is 8.87. The van der Waals surface area contributed by atoms with Crippen LogP contribution in [0.25, 0.3) is 39.2 Å². The number of nitrogens with two attached hydrogens (primary N) is 1. The Morgan fingerprint density at radius 1 is 0.939 bits per heavy atom. The number of rotatable bonds is 3. The zero-order chi connectivity index (χ0) is 23.3. The van der Waals surface area contributed by atoms with E-state index >= 15 is 0 Å². The lowest BCUT2D eigenvalue weighted by Crippen LogP contribution is -2.23. The minimum Gasteiger partial charge on any atom is -0.368 e. The quantitative estimate of drug-likeness (QED) is 0.441.